The number of rotatable bonds is 3. The lowest BCUT2D eigenvalue weighted by atomic mass is 9.84. The molecule has 15 heavy (non-hydrogen) atoms. The molecule has 2 rings (SSSR count). The Labute approximate surface area is 93.0 Å². The van der Waals surface area contributed by atoms with Gasteiger partial charge in [0, 0.05) is 31.8 Å². The maximum absolute atomic E-state index is 6.05. The summed E-state index contributed by atoms with van der Waals surface area (Å²) in [5, 5.41) is 0. The maximum atomic E-state index is 6.05. The van der Waals surface area contributed by atoms with Gasteiger partial charge in [0.25, 0.3) is 0 Å². The summed E-state index contributed by atoms with van der Waals surface area (Å²) in [6.45, 7) is 7.56. The van der Waals surface area contributed by atoms with Gasteiger partial charge in [0.15, 0.2) is 0 Å². The standard InChI is InChI=1S/C12H24N2O/c1-3-15-12-5-11(6-12)14-7-9(2)4-10(13)8-14/h9-12H,3-8,13H2,1-2H3. The van der Waals surface area contributed by atoms with E-state index in [1.807, 2.05) is 0 Å². The number of nitrogens with two attached hydrogens (primary N) is 1. The molecular formula is C12H24N2O. The van der Waals surface area contributed by atoms with Crippen molar-refractivity contribution in [1.29, 1.82) is 0 Å². The minimum Gasteiger partial charge on any atom is -0.378 e. The molecule has 0 aromatic carbocycles. The fourth-order valence-corrected chi connectivity index (χ4v) is 2.95. The zero-order valence-electron chi connectivity index (χ0n) is 9.98. The number of hydrogen-bond donors (Lipinski definition) is 1. The van der Waals surface area contributed by atoms with E-state index in [1.54, 1.807) is 0 Å². The van der Waals surface area contributed by atoms with Gasteiger partial charge in [-0.05, 0) is 32.1 Å². The van der Waals surface area contributed by atoms with Crippen LogP contribution in [0.5, 0.6) is 0 Å². The van der Waals surface area contributed by atoms with Crippen molar-refractivity contribution < 1.29 is 4.74 Å². The van der Waals surface area contributed by atoms with Crippen LogP contribution >= 0.6 is 0 Å². The highest BCUT2D eigenvalue weighted by Crippen LogP contribution is 2.31. The topological polar surface area (TPSA) is 38.5 Å². The number of nitrogens with zero attached hydrogens (tertiary/aromatic N) is 1. The Morgan fingerprint density at radius 3 is 2.60 bits per heavy atom. The van der Waals surface area contributed by atoms with Crippen molar-refractivity contribution >= 4 is 0 Å². The normalized spacial score (nSPS) is 42.6. The Hall–Kier alpha value is -0.120. The molecule has 1 heterocycles. The summed E-state index contributed by atoms with van der Waals surface area (Å²) in [4.78, 5) is 2.58. The van der Waals surface area contributed by atoms with Crippen molar-refractivity contribution in [3.05, 3.63) is 0 Å². The second-order valence-electron chi connectivity index (χ2n) is 5.26. The van der Waals surface area contributed by atoms with Gasteiger partial charge in [-0.15, -0.1) is 0 Å². The lowest BCUT2D eigenvalue weighted by Gasteiger charge is -2.46. The predicted octanol–water partition coefficient (Wildman–Crippen LogP) is 1.22. The summed E-state index contributed by atoms with van der Waals surface area (Å²) in [5.74, 6) is 0.764. The molecule has 2 aliphatic rings. The van der Waals surface area contributed by atoms with E-state index < -0.39 is 0 Å². The van der Waals surface area contributed by atoms with Crippen molar-refractivity contribution in [3.63, 3.8) is 0 Å². The van der Waals surface area contributed by atoms with Gasteiger partial charge in [-0.3, -0.25) is 4.90 Å². The summed E-state index contributed by atoms with van der Waals surface area (Å²) < 4.78 is 5.59. The molecular weight excluding hydrogens is 188 g/mol. The summed E-state index contributed by atoms with van der Waals surface area (Å²) in [6.07, 6.45) is 4.15. The largest absolute Gasteiger partial charge is 0.378 e. The van der Waals surface area contributed by atoms with Gasteiger partial charge < -0.3 is 10.5 Å². The van der Waals surface area contributed by atoms with Crippen LogP contribution in [0, 0.1) is 5.92 Å². The summed E-state index contributed by atoms with van der Waals surface area (Å²) in [7, 11) is 0. The smallest absolute Gasteiger partial charge is 0.0604 e. The van der Waals surface area contributed by atoms with Gasteiger partial charge in [0.2, 0.25) is 0 Å². The zero-order chi connectivity index (χ0) is 10.8. The summed E-state index contributed by atoms with van der Waals surface area (Å²) in [6, 6.07) is 1.13. The average molecular weight is 212 g/mol. The minimum absolute atomic E-state index is 0.389. The van der Waals surface area contributed by atoms with E-state index in [1.165, 1.54) is 25.8 Å². The first-order valence-corrected chi connectivity index (χ1v) is 6.30. The molecule has 3 nitrogen and oxygen atoms in total. The third kappa shape index (κ3) is 2.71. The maximum Gasteiger partial charge on any atom is 0.0604 e. The molecule has 0 radical (unpaired) electrons. The van der Waals surface area contributed by atoms with Crippen LogP contribution in [-0.2, 0) is 4.74 Å². The molecule has 0 amide bonds. The van der Waals surface area contributed by atoms with Gasteiger partial charge >= 0.3 is 0 Å². The van der Waals surface area contributed by atoms with Crippen LogP contribution in [-0.4, -0.2) is 42.8 Å². The first kappa shape index (κ1) is 11.4. The van der Waals surface area contributed by atoms with Gasteiger partial charge in [0.05, 0.1) is 6.10 Å². The number of likely N-dealkylation sites (tertiary alicyclic amines) is 1. The van der Waals surface area contributed by atoms with Crippen LogP contribution in [0.1, 0.15) is 33.1 Å². The second kappa shape index (κ2) is 4.81. The van der Waals surface area contributed by atoms with E-state index in [2.05, 4.69) is 18.7 Å². The molecule has 0 bridgehead atoms. The third-order valence-electron chi connectivity index (χ3n) is 3.71. The monoisotopic (exact) mass is 212 g/mol. The minimum atomic E-state index is 0.389. The molecule has 2 N–H and O–H groups in total. The molecule has 2 unspecified atom stereocenters. The number of piperidine rings is 1. The van der Waals surface area contributed by atoms with Crippen LogP contribution in [0.4, 0.5) is 0 Å². The first-order valence-electron chi connectivity index (χ1n) is 6.30. The lowest BCUT2D eigenvalue weighted by Crippen LogP contribution is -2.55. The molecule has 88 valence electrons. The fourth-order valence-electron chi connectivity index (χ4n) is 2.95. The molecule has 1 saturated carbocycles. The van der Waals surface area contributed by atoms with Crippen LogP contribution < -0.4 is 5.73 Å². The van der Waals surface area contributed by atoms with Crippen molar-refractivity contribution in [2.24, 2.45) is 11.7 Å². The van der Waals surface area contributed by atoms with E-state index in [0.717, 1.165) is 25.1 Å². The Bertz CT molecular complexity index is 194. The van der Waals surface area contributed by atoms with E-state index in [-0.39, 0.29) is 0 Å². The van der Waals surface area contributed by atoms with E-state index in [9.17, 15) is 0 Å². The Morgan fingerprint density at radius 2 is 2.00 bits per heavy atom. The third-order valence-corrected chi connectivity index (χ3v) is 3.71. The van der Waals surface area contributed by atoms with Crippen molar-refractivity contribution in [1.82, 2.24) is 4.90 Å². The molecule has 3 heteroatoms. The van der Waals surface area contributed by atoms with Crippen molar-refractivity contribution in [2.45, 2.75) is 51.3 Å². The molecule has 0 aromatic rings. The molecule has 1 aliphatic carbocycles. The highest BCUT2D eigenvalue weighted by Gasteiger charge is 2.36. The van der Waals surface area contributed by atoms with E-state index in [0.29, 0.717) is 12.1 Å². The molecule has 0 spiro atoms. The lowest BCUT2D eigenvalue weighted by molar-refractivity contribution is -0.0566. The van der Waals surface area contributed by atoms with E-state index in [4.69, 9.17) is 10.5 Å². The SMILES string of the molecule is CCOC1CC(N2CC(C)CC(N)C2)C1. The van der Waals surface area contributed by atoms with Crippen LogP contribution in [0.25, 0.3) is 0 Å². The Morgan fingerprint density at radius 1 is 1.27 bits per heavy atom. The van der Waals surface area contributed by atoms with Crippen LogP contribution in [0.15, 0.2) is 0 Å². The molecule has 1 aliphatic heterocycles. The summed E-state index contributed by atoms with van der Waals surface area (Å²) >= 11 is 0. The molecule has 0 aromatic heterocycles. The van der Waals surface area contributed by atoms with E-state index >= 15 is 0 Å². The quantitative estimate of drug-likeness (QED) is 0.764. The van der Waals surface area contributed by atoms with Gasteiger partial charge in [-0.1, -0.05) is 6.92 Å². The molecule has 2 fully saturated rings. The highest BCUT2D eigenvalue weighted by molar-refractivity contribution is 4.92. The highest BCUT2D eigenvalue weighted by atomic mass is 16.5. The van der Waals surface area contributed by atoms with Crippen LogP contribution in [0.3, 0.4) is 0 Å². The predicted molar refractivity (Wildman–Crippen MR) is 61.8 cm³/mol. The molecule has 1 saturated heterocycles. The van der Waals surface area contributed by atoms with Crippen LogP contribution in [0.2, 0.25) is 0 Å². The van der Waals surface area contributed by atoms with Gasteiger partial charge in [-0.2, -0.15) is 0 Å². The Balaban J connectivity index is 1.75. The first-order chi connectivity index (χ1) is 7.19. The van der Waals surface area contributed by atoms with Crippen molar-refractivity contribution in [2.75, 3.05) is 19.7 Å². The summed E-state index contributed by atoms with van der Waals surface area (Å²) in [5.41, 5.74) is 6.05. The van der Waals surface area contributed by atoms with Crippen molar-refractivity contribution in [3.8, 4) is 0 Å². The second-order valence-corrected chi connectivity index (χ2v) is 5.26. The molecule has 2 atom stereocenters. The zero-order valence-corrected chi connectivity index (χ0v) is 9.98. The van der Waals surface area contributed by atoms with Gasteiger partial charge in [0.1, 0.15) is 0 Å². The Kier molecular flexibility index (Phi) is 3.65. The average Bonchev–Trinajstić information content (AvgIpc) is 2.08. The number of hydrogen-bond acceptors (Lipinski definition) is 3. The number of ether oxygens (including phenoxy) is 1. The van der Waals surface area contributed by atoms with Gasteiger partial charge in [-0.25, -0.2) is 0 Å². The fraction of sp³-hybridized carbons (Fsp3) is 1.00.